The van der Waals surface area contributed by atoms with E-state index in [4.69, 9.17) is 9.72 Å². The zero-order valence-corrected chi connectivity index (χ0v) is 23.3. The number of carbonyl (C=O) groups excluding carboxylic acids is 1. The van der Waals surface area contributed by atoms with Crippen molar-refractivity contribution in [3.63, 3.8) is 0 Å². The number of anilines is 1. The van der Waals surface area contributed by atoms with Crippen molar-refractivity contribution in [1.82, 2.24) is 18.8 Å². The number of sulfonamides is 1. The van der Waals surface area contributed by atoms with Gasteiger partial charge in [0.05, 0.1) is 30.1 Å². The fourth-order valence-corrected chi connectivity index (χ4v) is 6.55. The van der Waals surface area contributed by atoms with Crippen molar-refractivity contribution in [3.05, 3.63) is 59.4 Å². The van der Waals surface area contributed by atoms with Gasteiger partial charge in [0.25, 0.3) is 0 Å². The molecule has 0 unspecified atom stereocenters. The number of nitrogens with zero attached hydrogens (tertiary/aromatic N) is 5. The third kappa shape index (κ3) is 5.43. The lowest BCUT2D eigenvalue weighted by molar-refractivity contribution is 0.175. The average molecular weight is 540 g/mol. The molecule has 1 atom stereocenters. The van der Waals surface area contributed by atoms with Gasteiger partial charge in [0, 0.05) is 57.3 Å². The summed E-state index contributed by atoms with van der Waals surface area (Å²) in [5, 5.41) is 0. The molecule has 10 heteroatoms. The van der Waals surface area contributed by atoms with E-state index in [0.717, 1.165) is 80.0 Å². The maximum absolute atomic E-state index is 12.6. The van der Waals surface area contributed by atoms with E-state index < -0.39 is 10.0 Å². The minimum Gasteiger partial charge on any atom is -0.452 e. The molecule has 5 rings (SSSR count). The van der Waals surface area contributed by atoms with Crippen molar-refractivity contribution in [2.24, 2.45) is 0 Å². The second kappa shape index (κ2) is 11.0. The highest BCUT2D eigenvalue weighted by Gasteiger charge is 2.31. The van der Waals surface area contributed by atoms with Crippen LogP contribution >= 0.6 is 0 Å². The highest BCUT2D eigenvalue weighted by molar-refractivity contribution is 7.88. The molecule has 0 N–H and O–H groups in total. The SMILES string of the molecule is COC(=O)N1c2ccc3c(nc(CCc4ccccc4)n3CCN3CCN(S(C)(=O)=O)CC3)c2CC[C@@H]1C. The number of benzene rings is 2. The predicted molar refractivity (Wildman–Crippen MR) is 149 cm³/mol. The van der Waals surface area contributed by atoms with E-state index in [1.165, 1.54) is 18.9 Å². The van der Waals surface area contributed by atoms with Crippen LogP contribution < -0.4 is 4.90 Å². The smallest absolute Gasteiger partial charge is 0.414 e. The first-order valence-corrected chi connectivity index (χ1v) is 15.2. The summed E-state index contributed by atoms with van der Waals surface area (Å²) in [6, 6.07) is 14.6. The fraction of sp³-hybridized carbons (Fsp3) is 0.500. The van der Waals surface area contributed by atoms with Gasteiger partial charge in [-0.15, -0.1) is 0 Å². The molecule has 1 saturated heterocycles. The second-order valence-corrected chi connectivity index (χ2v) is 12.3. The number of amides is 1. The first-order chi connectivity index (χ1) is 18.3. The predicted octanol–water partition coefficient (Wildman–Crippen LogP) is 3.31. The van der Waals surface area contributed by atoms with Crippen LogP contribution in [-0.2, 0) is 40.6 Å². The van der Waals surface area contributed by atoms with Crippen molar-refractivity contribution in [1.29, 1.82) is 0 Å². The summed E-state index contributed by atoms with van der Waals surface area (Å²) < 4.78 is 32.8. The van der Waals surface area contributed by atoms with Gasteiger partial charge in [0.15, 0.2) is 0 Å². The molecular weight excluding hydrogens is 502 g/mol. The number of ether oxygens (including phenoxy) is 1. The average Bonchev–Trinajstić information content (AvgIpc) is 3.28. The molecule has 3 heterocycles. The lowest BCUT2D eigenvalue weighted by Gasteiger charge is -2.34. The fourth-order valence-electron chi connectivity index (χ4n) is 5.72. The molecule has 2 aliphatic heterocycles. The van der Waals surface area contributed by atoms with E-state index in [1.54, 1.807) is 9.21 Å². The Hall–Kier alpha value is -2.95. The van der Waals surface area contributed by atoms with Crippen LogP contribution in [-0.4, -0.2) is 85.4 Å². The number of fused-ring (bicyclic) bond motifs is 3. The largest absolute Gasteiger partial charge is 0.452 e. The summed E-state index contributed by atoms with van der Waals surface area (Å²) in [4.78, 5) is 21.9. The minimum absolute atomic E-state index is 0.0673. The van der Waals surface area contributed by atoms with Crippen molar-refractivity contribution in [3.8, 4) is 0 Å². The number of carbonyl (C=O) groups is 1. The van der Waals surface area contributed by atoms with Gasteiger partial charge in [0.2, 0.25) is 10.0 Å². The van der Waals surface area contributed by atoms with E-state index >= 15 is 0 Å². The van der Waals surface area contributed by atoms with Crippen LogP contribution in [0, 0.1) is 0 Å². The number of piperazine rings is 1. The van der Waals surface area contributed by atoms with Crippen LogP contribution in [0.15, 0.2) is 42.5 Å². The Morgan fingerprint density at radius 1 is 1.03 bits per heavy atom. The van der Waals surface area contributed by atoms with E-state index in [9.17, 15) is 13.2 Å². The van der Waals surface area contributed by atoms with E-state index in [-0.39, 0.29) is 12.1 Å². The molecule has 2 aromatic carbocycles. The van der Waals surface area contributed by atoms with Crippen molar-refractivity contribution in [2.45, 2.75) is 45.2 Å². The maximum atomic E-state index is 12.6. The Balaban J connectivity index is 1.44. The van der Waals surface area contributed by atoms with Crippen LogP contribution in [0.4, 0.5) is 10.5 Å². The molecule has 9 nitrogen and oxygen atoms in total. The normalized spacial score (nSPS) is 19.0. The summed E-state index contributed by atoms with van der Waals surface area (Å²) >= 11 is 0. The molecule has 1 fully saturated rings. The lowest BCUT2D eigenvalue weighted by Crippen LogP contribution is -2.48. The van der Waals surface area contributed by atoms with Crippen LogP contribution in [0.25, 0.3) is 11.0 Å². The van der Waals surface area contributed by atoms with E-state index in [0.29, 0.717) is 13.1 Å². The van der Waals surface area contributed by atoms with Gasteiger partial charge in [-0.3, -0.25) is 9.80 Å². The number of aromatic nitrogens is 2. The Morgan fingerprint density at radius 2 is 1.76 bits per heavy atom. The molecule has 2 aliphatic rings. The Morgan fingerprint density at radius 3 is 2.45 bits per heavy atom. The number of aryl methyl sites for hydroxylation is 3. The molecule has 3 aromatic rings. The first-order valence-electron chi connectivity index (χ1n) is 13.4. The van der Waals surface area contributed by atoms with Gasteiger partial charge < -0.3 is 9.30 Å². The van der Waals surface area contributed by atoms with Gasteiger partial charge in [-0.2, -0.15) is 4.31 Å². The second-order valence-electron chi connectivity index (χ2n) is 10.3. The summed E-state index contributed by atoms with van der Waals surface area (Å²) in [7, 11) is -1.72. The van der Waals surface area contributed by atoms with Crippen molar-refractivity contribution < 1.29 is 17.9 Å². The van der Waals surface area contributed by atoms with E-state index in [1.807, 2.05) is 12.1 Å². The molecule has 0 saturated carbocycles. The topological polar surface area (TPSA) is 88.0 Å². The van der Waals surface area contributed by atoms with Crippen LogP contribution in [0.3, 0.4) is 0 Å². The summed E-state index contributed by atoms with van der Waals surface area (Å²) in [6.45, 7) is 6.15. The summed E-state index contributed by atoms with van der Waals surface area (Å²) in [5.41, 5.74) is 5.32. The van der Waals surface area contributed by atoms with Crippen molar-refractivity contribution >= 4 is 32.8 Å². The quantitative estimate of drug-likeness (QED) is 0.458. The molecule has 204 valence electrons. The molecule has 0 radical (unpaired) electrons. The molecule has 1 aromatic heterocycles. The third-order valence-electron chi connectivity index (χ3n) is 7.88. The molecule has 0 aliphatic carbocycles. The van der Waals surface area contributed by atoms with Gasteiger partial charge in [-0.05, 0) is 43.9 Å². The molecule has 0 bridgehead atoms. The van der Waals surface area contributed by atoms with Gasteiger partial charge in [-0.1, -0.05) is 30.3 Å². The Bertz CT molecular complexity index is 1400. The number of methoxy groups -OCH3 is 1. The van der Waals surface area contributed by atoms with Crippen LogP contribution in [0.5, 0.6) is 0 Å². The Labute approximate surface area is 225 Å². The molecule has 0 spiro atoms. The number of hydrogen-bond donors (Lipinski definition) is 0. The van der Waals surface area contributed by atoms with Crippen LogP contribution in [0.1, 0.15) is 30.3 Å². The van der Waals surface area contributed by atoms with Crippen LogP contribution in [0.2, 0.25) is 0 Å². The van der Waals surface area contributed by atoms with Gasteiger partial charge in [-0.25, -0.2) is 18.2 Å². The highest BCUT2D eigenvalue weighted by atomic mass is 32.2. The molecule has 38 heavy (non-hydrogen) atoms. The first kappa shape index (κ1) is 26.6. The monoisotopic (exact) mass is 539 g/mol. The zero-order valence-electron chi connectivity index (χ0n) is 22.5. The van der Waals surface area contributed by atoms with Crippen molar-refractivity contribution in [2.75, 3.05) is 51.0 Å². The number of imidazole rings is 1. The summed E-state index contributed by atoms with van der Waals surface area (Å²) in [6.07, 6.45) is 4.37. The van der Waals surface area contributed by atoms with Gasteiger partial charge >= 0.3 is 6.09 Å². The Kier molecular flexibility index (Phi) is 7.74. The number of rotatable bonds is 7. The lowest BCUT2D eigenvalue weighted by atomic mass is 9.96. The van der Waals surface area contributed by atoms with Gasteiger partial charge in [0.1, 0.15) is 5.82 Å². The maximum Gasteiger partial charge on any atom is 0.414 e. The highest BCUT2D eigenvalue weighted by Crippen LogP contribution is 2.36. The molecule has 1 amide bonds. The minimum atomic E-state index is -3.15. The number of hydrogen-bond acceptors (Lipinski definition) is 6. The standard InChI is InChI=1S/C28H37N5O4S/c1-21-9-11-23-24(33(21)28(34)37-2)12-13-25-27(23)29-26(14-10-22-7-5-4-6-8-22)32(25)20-17-30-15-18-31(19-16-30)38(3,35)36/h4-8,12-13,21H,9-11,14-20H2,1-3H3/t21-/m0/s1. The molecular formula is C28H37N5O4S. The third-order valence-corrected chi connectivity index (χ3v) is 9.19. The summed E-state index contributed by atoms with van der Waals surface area (Å²) in [5.74, 6) is 1.04. The zero-order chi connectivity index (χ0) is 26.9. The van der Waals surface area contributed by atoms with E-state index in [2.05, 4.69) is 46.7 Å².